The minimum Gasteiger partial charge on any atom is -0.339 e. The Morgan fingerprint density at radius 2 is 1.69 bits per heavy atom. The number of nitrogens with zero attached hydrogens (tertiary/aromatic N) is 5. The number of aromatic amines is 2. The predicted molar refractivity (Wildman–Crippen MR) is 162 cm³/mol. The van der Waals surface area contributed by atoms with Crippen molar-refractivity contribution in [3.63, 3.8) is 0 Å². The molecule has 0 bridgehead atoms. The first kappa shape index (κ1) is 25.8. The number of amides is 1. The van der Waals surface area contributed by atoms with E-state index >= 15 is 0 Å². The molecule has 42 heavy (non-hydrogen) atoms. The van der Waals surface area contributed by atoms with Crippen LogP contribution in [0.25, 0.3) is 55.8 Å². The molecule has 0 radical (unpaired) electrons. The summed E-state index contributed by atoms with van der Waals surface area (Å²) in [6.07, 6.45) is 6.54. The zero-order valence-electron chi connectivity index (χ0n) is 23.2. The summed E-state index contributed by atoms with van der Waals surface area (Å²) in [7, 11) is 0. The van der Waals surface area contributed by atoms with Crippen LogP contribution in [-0.2, 0) is 11.2 Å². The molecule has 1 fully saturated rings. The first-order valence-electron chi connectivity index (χ1n) is 14.3. The Morgan fingerprint density at radius 3 is 2.45 bits per heavy atom. The third-order valence-corrected chi connectivity index (χ3v) is 7.93. The smallest absolute Gasteiger partial charge is 0.253 e. The number of hydrogen-bond donors (Lipinski definition) is 2. The molecule has 208 valence electrons. The van der Waals surface area contributed by atoms with E-state index in [0.717, 1.165) is 76.0 Å². The summed E-state index contributed by atoms with van der Waals surface area (Å²) in [4.78, 5) is 44.0. The molecule has 0 saturated carbocycles. The van der Waals surface area contributed by atoms with Gasteiger partial charge in [0.2, 0.25) is 0 Å². The van der Waals surface area contributed by atoms with Crippen LogP contribution in [0, 0.1) is 0 Å². The lowest BCUT2D eigenvalue weighted by Gasteiger charge is -2.15. The van der Waals surface area contributed by atoms with Gasteiger partial charge >= 0.3 is 0 Å². The van der Waals surface area contributed by atoms with Gasteiger partial charge in [-0.25, -0.2) is 9.97 Å². The molecule has 4 aromatic heterocycles. The van der Waals surface area contributed by atoms with Crippen LogP contribution in [0.3, 0.4) is 0 Å². The lowest BCUT2D eigenvalue weighted by molar-refractivity contribution is -0.118. The molecule has 7 rings (SSSR count). The fourth-order valence-corrected chi connectivity index (χ4v) is 5.54. The molecule has 9 heteroatoms. The average molecular weight is 556 g/mol. The number of fused-ring (bicyclic) bond motifs is 2. The van der Waals surface area contributed by atoms with E-state index in [1.54, 1.807) is 12.4 Å². The quantitative estimate of drug-likeness (QED) is 0.250. The summed E-state index contributed by atoms with van der Waals surface area (Å²) >= 11 is 0. The number of carbonyl (C=O) groups is 2. The third-order valence-electron chi connectivity index (χ3n) is 7.93. The maximum Gasteiger partial charge on any atom is 0.253 e. The van der Waals surface area contributed by atoms with Gasteiger partial charge in [0.25, 0.3) is 5.91 Å². The Hall–Kier alpha value is -5.18. The number of hydrogen-bond acceptors (Lipinski definition) is 6. The van der Waals surface area contributed by atoms with Crippen molar-refractivity contribution in [3.8, 4) is 33.8 Å². The first-order valence-corrected chi connectivity index (χ1v) is 14.3. The highest BCUT2D eigenvalue weighted by molar-refractivity contribution is 5.98. The Balaban J connectivity index is 1.20. The van der Waals surface area contributed by atoms with Gasteiger partial charge in [-0.15, -0.1) is 0 Å². The van der Waals surface area contributed by atoms with E-state index in [2.05, 4.69) is 25.1 Å². The SMILES string of the molecule is CCC(=O)Cc1ccc(-c2cnc3n[nH]c(-c4nc5c(-c6ccc(C(=O)N7CCCC7)cc6)cccc5[nH]4)c3c2)cn1. The lowest BCUT2D eigenvalue weighted by atomic mass is 10.0. The van der Waals surface area contributed by atoms with Gasteiger partial charge in [-0.2, -0.15) is 5.10 Å². The first-order chi connectivity index (χ1) is 20.6. The Bertz CT molecular complexity index is 1930. The van der Waals surface area contributed by atoms with Gasteiger partial charge < -0.3 is 9.88 Å². The van der Waals surface area contributed by atoms with Crippen molar-refractivity contribution in [1.29, 1.82) is 0 Å². The number of para-hydroxylation sites is 1. The number of benzene rings is 2. The number of nitrogens with one attached hydrogen (secondary N) is 2. The maximum atomic E-state index is 12.8. The third kappa shape index (κ3) is 4.72. The van der Waals surface area contributed by atoms with Crippen LogP contribution in [0.4, 0.5) is 0 Å². The molecule has 0 unspecified atom stereocenters. The zero-order valence-corrected chi connectivity index (χ0v) is 23.2. The van der Waals surface area contributed by atoms with E-state index < -0.39 is 0 Å². The molecule has 5 heterocycles. The standard InChI is InChI=1S/C33H29N7O2/c1-2-25(41)17-24-13-12-22(18-34-24)23-16-27-30(38-39-31(27)35-19-23)32-36-28-7-5-6-26(29(28)37-32)20-8-10-21(11-9-20)33(42)40-14-3-4-15-40/h5-13,16,18-19H,2-4,14-15,17H2,1H3,(H,36,37)(H,35,38,39). The molecule has 0 atom stereocenters. The van der Waals surface area contributed by atoms with E-state index in [0.29, 0.717) is 29.9 Å². The van der Waals surface area contributed by atoms with Crippen LogP contribution in [0.1, 0.15) is 42.2 Å². The van der Waals surface area contributed by atoms with Crippen molar-refractivity contribution in [2.24, 2.45) is 0 Å². The van der Waals surface area contributed by atoms with Gasteiger partial charge in [0.05, 0.1) is 16.4 Å². The van der Waals surface area contributed by atoms with Crippen molar-refractivity contribution in [3.05, 3.63) is 84.3 Å². The van der Waals surface area contributed by atoms with Gasteiger partial charge in [0.15, 0.2) is 11.5 Å². The summed E-state index contributed by atoms with van der Waals surface area (Å²) in [6.45, 7) is 3.53. The van der Waals surface area contributed by atoms with Gasteiger partial charge in [0.1, 0.15) is 11.5 Å². The number of aromatic nitrogens is 6. The summed E-state index contributed by atoms with van der Waals surface area (Å²) in [5.74, 6) is 0.919. The minimum absolute atomic E-state index is 0.0942. The minimum atomic E-state index is 0.0942. The van der Waals surface area contributed by atoms with Gasteiger partial charge in [-0.1, -0.05) is 37.3 Å². The molecule has 2 aromatic carbocycles. The van der Waals surface area contributed by atoms with Crippen molar-refractivity contribution in [1.82, 2.24) is 35.0 Å². The summed E-state index contributed by atoms with van der Waals surface area (Å²) in [5.41, 5.74) is 8.30. The maximum absolute atomic E-state index is 12.8. The average Bonchev–Trinajstić information content (AvgIpc) is 3.80. The van der Waals surface area contributed by atoms with Crippen molar-refractivity contribution in [2.75, 3.05) is 13.1 Å². The van der Waals surface area contributed by atoms with Crippen LogP contribution in [0.2, 0.25) is 0 Å². The van der Waals surface area contributed by atoms with E-state index in [1.165, 1.54) is 0 Å². The topological polar surface area (TPSA) is 121 Å². The Morgan fingerprint density at radius 1 is 0.905 bits per heavy atom. The monoisotopic (exact) mass is 555 g/mol. The number of H-pyrrole nitrogens is 2. The highest BCUT2D eigenvalue weighted by atomic mass is 16.2. The van der Waals surface area contributed by atoms with Gasteiger partial charge in [-0.05, 0) is 48.7 Å². The lowest BCUT2D eigenvalue weighted by Crippen LogP contribution is -2.27. The largest absolute Gasteiger partial charge is 0.339 e. The number of carbonyl (C=O) groups excluding carboxylic acids is 2. The summed E-state index contributed by atoms with van der Waals surface area (Å²) in [6, 6.07) is 19.7. The highest BCUT2D eigenvalue weighted by Gasteiger charge is 2.20. The second kappa shape index (κ2) is 10.7. The number of ketones is 1. The second-order valence-corrected chi connectivity index (χ2v) is 10.7. The predicted octanol–water partition coefficient (Wildman–Crippen LogP) is 5.99. The zero-order chi connectivity index (χ0) is 28.6. The highest BCUT2D eigenvalue weighted by Crippen LogP contribution is 2.33. The Labute approximate surface area is 242 Å². The fourth-order valence-electron chi connectivity index (χ4n) is 5.54. The van der Waals surface area contributed by atoms with Crippen LogP contribution in [-0.4, -0.2) is 59.8 Å². The molecule has 1 saturated heterocycles. The fraction of sp³-hybridized carbons (Fsp3) is 0.212. The van der Waals surface area contributed by atoms with E-state index in [9.17, 15) is 9.59 Å². The van der Waals surface area contributed by atoms with Crippen LogP contribution in [0.15, 0.2) is 73.1 Å². The van der Waals surface area contributed by atoms with Gasteiger partial charge in [0, 0.05) is 66.3 Å². The van der Waals surface area contributed by atoms with E-state index in [-0.39, 0.29) is 11.7 Å². The van der Waals surface area contributed by atoms with E-state index in [1.807, 2.05) is 72.5 Å². The Kier molecular flexibility index (Phi) is 6.54. The molecule has 0 aliphatic carbocycles. The molecule has 1 amide bonds. The van der Waals surface area contributed by atoms with Crippen molar-refractivity contribution >= 4 is 33.8 Å². The number of imidazole rings is 1. The van der Waals surface area contributed by atoms with E-state index in [4.69, 9.17) is 4.98 Å². The molecular formula is C33H29N7O2. The normalized spacial score (nSPS) is 13.3. The summed E-state index contributed by atoms with van der Waals surface area (Å²) in [5, 5.41) is 8.36. The molecular weight excluding hydrogens is 526 g/mol. The van der Waals surface area contributed by atoms with Crippen molar-refractivity contribution in [2.45, 2.75) is 32.6 Å². The van der Waals surface area contributed by atoms with Crippen LogP contribution >= 0.6 is 0 Å². The number of Topliss-reactive ketones (excluding diaryl/α,β-unsaturated/α-hetero) is 1. The molecule has 1 aliphatic rings. The number of rotatable bonds is 7. The molecule has 6 aromatic rings. The van der Waals surface area contributed by atoms with Gasteiger partial charge in [-0.3, -0.25) is 19.7 Å². The molecule has 9 nitrogen and oxygen atoms in total. The van der Waals surface area contributed by atoms with Crippen molar-refractivity contribution < 1.29 is 9.59 Å². The van der Waals surface area contributed by atoms with Crippen LogP contribution < -0.4 is 0 Å². The molecule has 1 aliphatic heterocycles. The van der Waals surface area contributed by atoms with Crippen LogP contribution in [0.5, 0.6) is 0 Å². The second-order valence-electron chi connectivity index (χ2n) is 10.7. The molecule has 2 N–H and O–H groups in total. The number of pyridine rings is 2. The summed E-state index contributed by atoms with van der Waals surface area (Å²) < 4.78 is 0. The molecule has 0 spiro atoms. The number of likely N-dealkylation sites (tertiary alicyclic amines) is 1.